The third-order valence-electron chi connectivity index (χ3n) is 5.36. The van der Waals surface area contributed by atoms with E-state index < -0.39 is 12.1 Å². The summed E-state index contributed by atoms with van der Waals surface area (Å²) in [6, 6.07) is 15.3. The number of anilines is 1. The van der Waals surface area contributed by atoms with Crippen LogP contribution < -0.4 is 15.8 Å². The highest BCUT2D eigenvalue weighted by Crippen LogP contribution is 2.31. The number of thiazole rings is 1. The van der Waals surface area contributed by atoms with Gasteiger partial charge in [0.1, 0.15) is 12.4 Å². The van der Waals surface area contributed by atoms with Gasteiger partial charge in [-0.2, -0.15) is 13.2 Å². The van der Waals surface area contributed by atoms with Crippen molar-refractivity contribution in [1.82, 2.24) is 15.2 Å². The van der Waals surface area contributed by atoms with E-state index in [1.165, 1.54) is 11.3 Å². The number of aliphatic carboxylic acids is 1. The van der Waals surface area contributed by atoms with Crippen LogP contribution in [0.5, 0.6) is 5.75 Å². The quantitative estimate of drug-likeness (QED) is 0.387. The fraction of sp³-hybridized carbons (Fsp3) is 0.320. The van der Waals surface area contributed by atoms with Gasteiger partial charge >= 0.3 is 12.1 Å². The summed E-state index contributed by atoms with van der Waals surface area (Å²) in [6.45, 7) is 5.23. The lowest BCUT2D eigenvalue weighted by Crippen LogP contribution is -2.41. The van der Waals surface area contributed by atoms with E-state index in [4.69, 9.17) is 25.1 Å². The number of amides is 1. The van der Waals surface area contributed by atoms with E-state index >= 15 is 0 Å². The van der Waals surface area contributed by atoms with Gasteiger partial charge in [0.25, 0.3) is 5.91 Å². The molecule has 4 N–H and O–H groups in total. The van der Waals surface area contributed by atoms with E-state index in [1.807, 2.05) is 53.9 Å². The van der Waals surface area contributed by atoms with Crippen LogP contribution >= 0.6 is 11.3 Å². The van der Waals surface area contributed by atoms with Crippen LogP contribution in [0.25, 0.3) is 11.3 Å². The number of alkyl halides is 3. The van der Waals surface area contributed by atoms with Crippen LogP contribution in [0.3, 0.4) is 0 Å². The molecule has 1 aliphatic heterocycles. The molecule has 0 bridgehead atoms. The second kappa shape index (κ2) is 13.7. The van der Waals surface area contributed by atoms with Gasteiger partial charge in [0.2, 0.25) is 0 Å². The van der Waals surface area contributed by atoms with Crippen LogP contribution in [-0.4, -0.2) is 72.4 Å². The predicted molar refractivity (Wildman–Crippen MR) is 136 cm³/mol. The number of hydrogen-bond acceptors (Lipinski definition) is 8. The highest BCUT2D eigenvalue weighted by Gasteiger charge is 2.38. The summed E-state index contributed by atoms with van der Waals surface area (Å²) in [7, 11) is 0. The number of carbonyl (C=O) groups is 2. The first-order valence-corrected chi connectivity index (χ1v) is 12.4. The molecule has 0 saturated carbocycles. The zero-order chi connectivity index (χ0) is 27.5. The molecule has 2 heterocycles. The van der Waals surface area contributed by atoms with Gasteiger partial charge in [-0.1, -0.05) is 24.3 Å². The molecule has 1 fully saturated rings. The van der Waals surface area contributed by atoms with Gasteiger partial charge in [0, 0.05) is 42.7 Å². The Morgan fingerprint density at radius 2 is 1.79 bits per heavy atom. The topological polar surface area (TPSA) is 127 Å². The Labute approximate surface area is 221 Å². The maximum absolute atomic E-state index is 12.4. The molecule has 38 heavy (non-hydrogen) atoms. The summed E-state index contributed by atoms with van der Waals surface area (Å²) in [5, 5.41) is 12.6. The predicted octanol–water partition coefficient (Wildman–Crippen LogP) is 3.67. The Kier molecular flexibility index (Phi) is 10.4. The smallest absolute Gasteiger partial charge is 0.488 e. The van der Waals surface area contributed by atoms with Crippen LogP contribution in [0.15, 0.2) is 53.9 Å². The average Bonchev–Trinajstić information content (AvgIpc) is 3.34. The largest absolute Gasteiger partial charge is 0.490 e. The first-order chi connectivity index (χ1) is 18.1. The summed E-state index contributed by atoms with van der Waals surface area (Å²) >= 11 is 1.41. The Morgan fingerprint density at radius 3 is 2.39 bits per heavy atom. The van der Waals surface area contributed by atoms with Crippen LogP contribution in [0.4, 0.5) is 18.3 Å². The fourth-order valence-electron chi connectivity index (χ4n) is 3.38. The van der Waals surface area contributed by atoms with E-state index in [2.05, 4.69) is 15.2 Å². The van der Waals surface area contributed by atoms with Crippen molar-refractivity contribution in [3.8, 4) is 17.0 Å². The van der Waals surface area contributed by atoms with Crippen LogP contribution in [0.2, 0.25) is 0 Å². The van der Waals surface area contributed by atoms with Crippen molar-refractivity contribution < 1.29 is 37.3 Å². The molecule has 0 unspecified atom stereocenters. The number of rotatable bonds is 8. The molecule has 13 heteroatoms. The van der Waals surface area contributed by atoms with Crippen LogP contribution in [0.1, 0.15) is 15.9 Å². The van der Waals surface area contributed by atoms with Gasteiger partial charge < -0.3 is 25.6 Å². The third-order valence-corrected chi connectivity index (χ3v) is 6.03. The van der Waals surface area contributed by atoms with Gasteiger partial charge in [0.15, 0.2) is 5.13 Å². The highest BCUT2D eigenvalue weighted by molar-refractivity contribution is 7.13. The number of morpholine rings is 1. The van der Waals surface area contributed by atoms with Gasteiger partial charge in [-0.25, -0.2) is 9.78 Å². The number of nitrogens with zero attached hydrogens (tertiary/aromatic N) is 2. The molecule has 3 aromatic rings. The summed E-state index contributed by atoms with van der Waals surface area (Å²) in [4.78, 5) is 27.9. The second-order valence-corrected chi connectivity index (χ2v) is 8.96. The molecule has 0 spiro atoms. The highest BCUT2D eigenvalue weighted by atomic mass is 32.1. The van der Waals surface area contributed by atoms with Crippen molar-refractivity contribution >= 4 is 28.3 Å². The molecule has 1 aromatic heterocycles. The molecule has 4 rings (SSSR count). The van der Waals surface area contributed by atoms with Gasteiger partial charge in [-0.3, -0.25) is 9.69 Å². The van der Waals surface area contributed by atoms with E-state index in [-0.39, 0.29) is 5.91 Å². The molecule has 9 nitrogen and oxygen atoms in total. The lowest BCUT2D eigenvalue weighted by Gasteiger charge is -2.26. The van der Waals surface area contributed by atoms with Crippen LogP contribution in [-0.2, 0) is 16.1 Å². The van der Waals surface area contributed by atoms with Gasteiger partial charge in [-0.05, 0) is 29.8 Å². The molecular formula is C25H27F3N4O5S. The molecule has 1 saturated heterocycles. The number of hydrogen-bond donors (Lipinski definition) is 3. The Morgan fingerprint density at radius 1 is 1.13 bits per heavy atom. The number of nitrogen functional groups attached to an aromatic ring is 1. The summed E-state index contributed by atoms with van der Waals surface area (Å²) in [6.07, 6.45) is -5.08. The molecule has 0 atom stereocenters. The molecule has 204 valence electrons. The van der Waals surface area contributed by atoms with E-state index in [0.29, 0.717) is 23.8 Å². The van der Waals surface area contributed by atoms with Gasteiger partial charge in [-0.15, -0.1) is 11.3 Å². The number of aromatic nitrogens is 1. The maximum atomic E-state index is 12.4. The zero-order valence-corrected chi connectivity index (χ0v) is 21.1. The molecular weight excluding hydrogens is 525 g/mol. The SMILES string of the molecule is Nc1nc(-c2ccccc2OCc2ccc(C(=O)NCCN3CCOCC3)cc2)cs1.O=C(O)C(F)(F)F. The van der Waals surface area contributed by atoms with Crippen LogP contribution in [0, 0.1) is 0 Å². The van der Waals surface area contributed by atoms with Crippen molar-refractivity contribution in [2.75, 3.05) is 45.1 Å². The van der Waals surface area contributed by atoms with Crippen molar-refractivity contribution in [1.29, 1.82) is 0 Å². The number of benzene rings is 2. The molecule has 0 radical (unpaired) electrons. The van der Waals surface area contributed by atoms with Crippen molar-refractivity contribution in [2.24, 2.45) is 0 Å². The number of nitrogens with two attached hydrogens (primary N) is 1. The first-order valence-electron chi connectivity index (χ1n) is 11.5. The summed E-state index contributed by atoms with van der Waals surface area (Å²) in [5.41, 5.74) is 9.11. The fourth-order valence-corrected chi connectivity index (χ4v) is 3.95. The normalized spacial score (nSPS) is 13.8. The minimum atomic E-state index is -5.08. The number of para-hydroxylation sites is 1. The van der Waals surface area contributed by atoms with Gasteiger partial charge in [0.05, 0.1) is 18.9 Å². The minimum Gasteiger partial charge on any atom is -0.488 e. The average molecular weight is 553 g/mol. The van der Waals surface area contributed by atoms with Crippen molar-refractivity contribution in [2.45, 2.75) is 12.8 Å². The molecule has 1 amide bonds. The monoisotopic (exact) mass is 552 g/mol. The van der Waals surface area contributed by atoms with Crippen molar-refractivity contribution in [3.63, 3.8) is 0 Å². The number of carbonyl (C=O) groups excluding carboxylic acids is 1. The first kappa shape index (κ1) is 28.9. The van der Waals surface area contributed by atoms with Crippen molar-refractivity contribution in [3.05, 3.63) is 65.0 Å². The minimum absolute atomic E-state index is 0.0628. The Bertz CT molecular complexity index is 1200. The molecule has 2 aromatic carbocycles. The van der Waals surface area contributed by atoms with E-state index in [1.54, 1.807) is 0 Å². The number of ether oxygens (including phenoxy) is 2. The zero-order valence-electron chi connectivity index (χ0n) is 20.2. The lowest BCUT2D eigenvalue weighted by molar-refractivity contribution is -0.192. The standard InChI is InChI=1S/C23H26N4O3S.C2HF3O2/c24-23-26-20(16-31-23)19-3-1-2-4-21(19)30-15-17-5-7-18(8-6-17)22(28)25-9-10-27-11-13-29-14-12-27;3-2(4,5)1(6)7/h1-8,16H,9-15H2,(H2,24,26)(H,25,28);(H,6,7). The number of halogens is 3. The number of carboxylic acids is 1. The summed E-state index contributed by atoms with van der Waals surface area (Å²) < 4.78 is 43.1. The Balaban J connectivity index is 0.000000505. The molecule has 1 aliphatic rings. The Hall–Kier alpha value is -3.68. The number of nitrogens with one attached hydrogen (secondary N) is 1. The number of carboxylic acid groups (broad SMARTS) is 1. The van der Waals surface area contributed by atoms with E-state index in [0.717, 1.165) is 55.4 Å². The third kappa shape index (κ3) is 9.01. The summed E-state index contributed by atoms with van der Waals surface area (Å²) in [5.74, 6) is -2.07. The maximum Gasteiger partial charge on any atom is 0.490 e. The second-order valence-electron chi connectivity index (χ2n) is 8.07. The lowest BCUT2D eigenvalue weighted by atomic mass is 10.1. The molecule has 0 aliphatic carbocycles. The van der Waals surface area contributed by atoms with E-state index in [9.17, 15) is 18.0 Å².